The summed E-state index contributed by atoms with van der Waals surface area (Å²) >= 11 is 0. The van der Waals surface area contributed by atoms with E-state index >= 15 is 0 Å². The molecule has 5 nitrogen and oxygen atoms in total. The van der Waals surface area contributed by atoms with Gasteiger partial charge in [-0.25, -0.2) is 0 Å². The van der Waals surface area contributed by atoms with Crippen LogP contribution in [-0.2, 0) is 4.79 Å². The van der Waals surface area contributed by atoms with E-state index in [1.165, 1.54) is 5.56 Å². The molecule has 1 amide bonds. The third-order valence-corrected chi connectivity index (χ3v) is 3.67. The molecule has 0 aliphatic carbocycles. The molecule has 0 spiro atoms. The monoisotopic (exact) mass is 264 g/mol. The van der Waals surface area contributed by atoms with Crippen LogP contribution >= 0.6 is 0 Å². The Bertz CT molecular complexity index is 427. The molecule has 2 heterocycles. The van der Waals surface area contributed by atoms with E-state index in [-0.39, 0.29) is 11.9 Å². The van der Waals surface area contributed by atoms with Crippen molar-refractivity contribution in [3.05, 3.63) is 18.0 Å². The Morgan fingerprint density at radius 1 is 1.63 bits per heavy atom. The van der Waals surface area contributed by atoms with Crippen molar-refractivity contribution < 1.29 is 4.79 Å². The van der Waals surface area contributed by atoms with E-state index in [4.69, 9.17) is 5.73 Å². The summed E-state index contributed by atoms with van der Waals surface area (Å²) in [5.74, 6) is 0.228. The van der Waals surface area contributed by atoms with Gasteiger partial charge in [-0.1, -0.05) is 0 Å². The number of piperidine rings is 1. The molecule has 2 atom stereocenters. The highest BCUT2D eigenvalue weighted by atomic mass is 16.2. The summed E-state index contributed by atoms with van der Waals surface area (Å²) < 4.78 is 2.00. The number of carbonyl (C=O) groups excluding carboxylic acids is 1. The molecule has 2 rings (SSSR count). The summed E-state index contributed by atoms with van der Waals surface area (Å²) in [5.41, 5.74) is 6.87. The minimum Gasteiger partial charge on any atom is -0.341 e. The average molecular weight is 264 g/mol. The second-order valence-electron chi connectivity index (χ2n) is 5.65. The largest absolute Gasteiger partial charge is 0.341 e. The van der Waals surface area contributed by atoms with Crippen LogP contribution in [-0.4, -0.2) is 39.7 Å². The molecule has 0 saturated carbocycles. The molecule has 2 N–H and O–H groups in total. The van der Waals surface area contributed by atoms with Crippen LogP contribution in [0.4, 0.5) is 0 Å². The normalized spacial score (nSPS) is 21.4. The smallest absolute Gasteiger partial charge is 0.222 e. The van der Waals surface area contributed by atoms with Crippen molar-refractivity contribution in [2.45, 2.75) is 51.6 Å². The molecule has 5 heteroatoms. The Balaban J connectivity index is 1.91. The molecule has 2 unspecified atom stereocenters. The predicted octanol–water partition coefficient (Wildman–Crippen LogP) is 1.48. The molecule has 1 aromatic heterocycles. The number of nitrogens with zero attached hydrogens (tertiary/aromatic N) is 3. The van der Waals surface area contributed by atoms with Crippen molar-refractivity contribution in [3.8, 4) is 0 Å². The maximum Gasteiger partial charge on any atom is 0.222 e. The maximum absolute atomic E-state index is 12.1. The number of hydrogen-bond acceptors (Lipinski definition) is 3. The second-order valence-corrected chi connectivity index (χ2v) is 5.65. The highest BCUT2D eigenvalue weighted by molar-refractivity contribution is 5.76. The highest BCUT2D eigenvalue weighted by Gasteiger charge is 2.24. The fourth-order valence-corrected chi connectivity index (χ4v) is 2.54. The number of hydrogen-bond donors (Lipinski definition) is 1. The third kappa shape index (κ3) is 3.80. The first-order chi connectivity index (χ1) is 9.06. The van der Waals surface area contributed by atoms with Gasteiger partial charge in [0.25, 0.3) is 0 Å². The van der Waals surface area contributed by atoms with Crippen LogP contribution in [0.25, 0.3) is 0 Å². The van der Waals surface area contributed by atoms with Gasteiger partial charge >= 0.3 is 0 Å². The fraction of sp³-hybridized carbons (Fsp3) is 0.714. The number of rotatable bonds is 4. The summed E-state index contributed by atoms with van der Waals surface area (Å²) in [7, 11) is 0. The van der Waals surface area contributed by atoms with Gasteiger partial charge in [-0.05, 0) is 38.7 Å². The molecule has 0 radical (unpaired) electrons. The van der Waals surface area contributed by atoms with Crippen molar-refractivity contribution in [3.63, 3.8) is 0 Å². The topological polar surface area (TPSA) is 64.2 Å². The SMILES string of the molecule is Cc1cnn(C2CCCN(C(=O)CCC(C)N)C2)c1. The van der Waals surface area contributed by atoms with Gasteiger partial charge in [0.2, 0.25) is 5.91 Å². The number of likely N-dealkylation sites (tertiary alicyclic amines) is 1. The average Bonchev–Trinajstić information content (AvgIpc) is 2.83. The Morgan fingerprint density at radius 2 is 2.42 bits per heavy atom. The molecule has 0 aromatic carbocycles. The van der Waals surface area contributed by atoms with Crippen molar-refractivity contribution in [2.24, 2.45) is 5.73 Å². The van der Waals surface area contributed by atoms with Crippen molar-refractivity contribution in [2.75, 3.05) is 13.1 Å². The van der Waals surface area contributed by atoms with Gasteiger partial charge in [0.15, 0.2) is 0 Å². The van der Waals surface area contributed by atoms with Gasteiger partial charge in [-0.3, -0.25) is 9.48 Å². The van der Waals surface area contributed by atoms with E-state index < -0.39 is 0 Å². The van der Waals surface area contributed by atoms with Crippen LogP contribution in [0.15, 0.2) is 12.4 Å². The molecule has 1 aromatic rings. The van der Waals surface area contributed by atoms with Crippen LogP contribution in [0, 0.1) is 6.92 Å². The Morgan fingerprint density at radius 3 is 3.05 bits per heavy atom. The predicted molar refractivity (Wildman–Crippen MR) is 74.7 cm³/mol. The first-order valence-corrected chi connectivity index (χ1v) is 7.10. The van der Waals surface area contributed by atoms with Gasteiger partial charge in [0.05, 0.1) is 12.2 Å². The molecule has 1 aliphatic heterocycles. The summed E-state index contributed by atoms with van der Waals surface area (Å²) in [6, 6.07) is 0.417. The lowest BCUT2D eigenvalue weighted by atomic mass is 10.0. The minimum absolute atomic E-state index is 0.0957. The molecule has 19 heavy (non-hydrogen) atoms. The Kier molecular flexibility index (Phi) is 4.58. The van der Waals surface area contributed by atoms with Crippen LogP contribution in [0.5, 0.6) is 0 Å². The fourth-order valence-electron chi connectivity index (χ4n) is 2.54. The number of aromatic nitrogens is 2. The molecule has 0 bridgehead atoms. The lowest BCUT2D eigenvalue weighted by Crippen LogP contribution is -2.41. The first kappa shape index (κ1) is 14.1. The van der Waals surface area contributed by atoms with E-state index in [2.05, 4.69) is 11.3 Å². The zero-order valence-electron chi connectivity index (χ0n) is 11.9. The van der Waals surface area contributed by atoms with Gasteiger partial charge in [0.1, 0.15) is 0 Å². The van der Waals surface area contributed by atoms with Crippen molar-refractivity contribution in [1.82, 2.24) is 14.7 Å². The lowest BCUT2D eigenvalue weighted by molar-refractivity contribution is -0.133. The quantitative estimate of drug-likeness (QED) is 0.896. The van der Waals surface area contributed by atoms with E-state index in [1.54, 1.807) is 0 Å². The lowest BCUT2D eigenvalue weighted by Gasteiger charge is -2.33. The van der Waals surface area contributed by atoms with E-state index in [9.17, 15) is 4.79 Å². The summed E-state index contributed by atoms with van der Waals surface area (Å²) in [6.45, 7) is 5.63. The Labute approximate surface area is 114 Å². The second kappa shape index (κ2) is 6.19. The number of amides is 1. The summed E-state index contributed by atoms with van der Waals surface area (Å²) in [6.07, 6.45) is 7.40. The van der Waals surface area contributed by atoms with Crippen LogP contribution in [0.3, 0.4) is 0 Å². The third-order valence-electron chi connectivity index (χ3n) is 3.67. The number of aryl methyl sites for hydroxylation is 1. The summed E-state index contributed by atoms with van der Waals surface area (Å²) in [5, 5.41) is 4.37. The van der Waals surface area contributed by atoms with E-state index in [0.29, 0.717) is 12.5 Å². The van der Waals surface area contributed by atoms with Crippen LogP contribution < -0.4 is 5.73 Å². The molecular formula is C14H24N4O. The van der Waals surface area contributed by atoms with E-state index in [0.717, 1.165) is 32.4 Å². The number of carbonyl (C=O) groups is 1. The van der Waals surface area contributed by atoms with Crippen LogP contribution in [0.1, 0.15) is 44.2 Å². The minimum atomic E-state index is 0.0957. The van der Waals surface area contributed by atoms with Gasteiger partial charge in [-0.2, -0.15) is 5.10 Å². The van der Waals surface area contributed by atoms with Crippen LogP contribution in [0.2, 0.25) is 0 Å². The van der Waals surface area contributed by atoms with E-state index in [1.807, 2.05) is 29.6 Å². The maximum atomic E-state index is 12.1. The number of nitrogens with two attached hydrogens (primary N) is 1. The zero-order chi connectivity index (χ0) is 13.8. The molecule has 1 saturated heterocycles. The molecule has 1 aliphatic rings. The Hall–Kier alpha value is -1.36. The van der Waals surface area contributed by atoms with Gasteiger partial charge < -0.3 is 10.6 Å². The zero-order valence-corrected chi connectivity index (χ0v) is 11.9. The molecule has 106 valence electrons. The highest BCUT2D eigenvalue weighted by Crippen LogP contribution is 2.22. The standard InChI is InChI=1S/C14H24N4O/c1-11-8-16-18(9-11)13-4-3-7-17(10-13)14(19)6-5-12(2)15/h8-9,12-13H,3-7,10,15H2,1-2H3. The molecular weight excluding hydrogens is 240 g/mol. The first-order valence-electron chi connectivity index (χ1n) is 7.10. The summed E-state index contributed by atoms with van der Waals surface area (Å²) in [4.78, 5) is 14.1. The van der Waals surface area contributed by atoms with Crippen molar-refractivity contribution >= 4 is 5.91 Å². The molecule has 1 fully saturated rings. The van der Waals surface area contributed by atoms with Gasteiger partial charge in [-0.15, -0.1) is 0 Å². The van der Waals surface area contributed by atoms with Crippen molar-refractivity contribution in [1.29, 1.82) is 0 Å². The van der Waals surface area contributed by atoms with Gasteiger partial charge in [0, 0.05) is 31.7 Å².